The molecule has 2 aromatic rings. The van der Waals surface area contributed by atoms with E-state index in [1.54, 1.807) is 18.3 Å². The van der Waals surface area contributed by atoms with Gasteiger partial charge in [0.1, 0.15) is 5.25 Å². The van der Waals surface area contributed by atoms with Gasteiger partial charge in [0, 0.05) is 11.4 Å². The topological polar surface area (TPSA) is 82.9 Å². The number of carbonyl (C=O) groups excluding carboxylic acids is 2. The smallest absolute Gasteiger partial charge is 0.240 e. The Kier molecular flexibility index (Phi) is 6.49. The quantitative estimate of drug-likeness (QED) is 0.567. The molecular weight excluding hydrogens is 407 g/mol. The lowest BCUT2D eigenvalue weighted by Gasteiger charge is -2.09. The average molecular weight is 421 g/mol. The van der Waals surface area contributed by atoms with Crippen LogP contribution in [0.15, 0.2) is 58.7 Å². The highest BCUT2D eigenvalue weighted by atomic mass is 35.5. The Balaban J connectivity index is 1.56. The Bertz CT molecular complexity index is 919. The molecule has 0 bridgehead atoms. The first-order valence-corrected chi connectivity index (χ1v) is 9.53. The maximum absolute atomic E-state index is 12.2. The zero-order chi connectivity index (χ0) is 19.2. The van der Waals surface area contributed by atoms with Crippen LogP contribution in [0.1, 0.15) is 12.0 Å². The first-order valence-electron chi connectivity index (χ1n) is 7.90. The van der Waals surface area contributed by atoms with Crippen LogP contribution < -0.4 is 10.6 Å². The van der Waals surface area contributed by atoms with Crippen LogP contribution in [0.25, 0.3) is 0 Å². The number of rotatable bonds is 5. The van der Waals surface area contributed by atoms with Gasteiger partial charge in [-0.15, -0.1) is 5.10 Å². The van der Waals surface area contributed by atoms with Crippen molar-refractivity contribution in [2.45, 2.75) is 11.7 Å². The Hall–Kier alpha value is -2.35. The lowest BCUT2D eigenvalue weighted by molar-refractivity contribution is -0.122. The summed E-state index contributed by atoms with van der Waals surface area (Å²) in [5, 5.41) is 13.8. The molecule has 1 unspecified atom stereocenters. The van der Waals surface area contributed by atoms with Gasteiger partial charge in [-0.05, 0) is 23.8 Å². The van der Waals surface area contributed by atoms with E-state index in [0.29, 0.717) is 20.9 Å². The van der Waals surface area contributed by atoms with Crippen molar-refractivity contribution >= 4 is 63.8 Å². The van der Waals surface area contributed by atoms with E-state index in [-0.39, 0.29) is 18.2 Å². The second kappa shape index (κ2) is 9.03. The van der Waals surface area contributed by atoms with Gasteiger partial charge in [-0.2, -0.15) is 5.10 Å². The molecule has 3 rings (SSSR count). The van der Waals surface area contributed by atoms with Gasteiger partial charge in [-0.25, -0.2) is 0 Å². The number of nitrogens with one attached hydrogen (secondary N) is 2. The molecule has 138 valence electrons. The van der Waals surface area contributed by atoms with E-state index in [0.717, 1.165) is 17.3 Å². The van der Waals surface area contributed by atoms with Gasteiger partial charge in [-0.3, -0.25) is 9.59 Å². The number of amidine groups is 1. The van der Waals surface area contributed by atoms with Crippen LogP contribution in [-0.4, -0.2) is 28.4 Å². The van der Waals surface area contributed by atoms with Crippen LogP contribution in [0.3, 0.4) is 0 Å². The van der Waals surface area contributed by atoms with Gasteiger partial charge in [-0.1, -0.05) is 65.3 Å². The number of halogens is 2. The summed E-state index contributed by atoms with van der Waals surface area (Å²) in [5.41, 5.74) is 1.34. The maximum atomic E-state index is 12.2. The molecule has 2 aromatic carbocycles. The van der Waals surface area contributed by atoms with E-state index in [1.807, 2.05) is 30.3 Å². The third-order valence-corrected chi connectivity index (χ3v) is 5.13. The molecule has 0 spiro atoms. The molecule has 0 aromatic heterocycles. The number of benzene rings is 2. The summed E-state index contributed by atoms with van der Waals surface area (Å²) in [4.78, 5) is 24.2. The fraction of sp³-hybridized carbons (Fsp3) is 0.111. The average Bonchev–Trinajstić information content (AvgIpc) is 2.98. The normalized spacial score (nSPS) is 18.1. The highest BCUT2D eigenvalue weighted by molar-refractivity contribution is 8.15. The van der Waals surface area contributed by atoms with E-state index >= 15 is 0 Å². The molecule has 27 heavy (non-hydrogen) atoms. The Morgan fingerprint density at radius 2 is 2.00 bits per heavy atom. The summed E-state index contributed by atoms with van der Waals surface area (Å²) < 4.78 is 0. The largest absolute Gasteiger partial charge is 0.325 e. The Morgan fingerprint density at radius 1 is 1.22 bits per heavy atom. The highest BCUT2D eigenvalue weighted by Gasteiger charge is 2.32. The van der Waals surface area contributed by atoms with Crippen LogP contribution in [0, 0.1) is 0 Å². The minimum absolute atomic E-state index is 0.0170. The fourth-order valence-corrected chi connectivity index (χ4v) is 3.61. The van der Waals surface area contributed by atoms with Crippen LogP contribution in [-0.2, 0) is 9.59 Å². The van der Waals surface area contributed by atoms with E-state index < -0.39 is 5.25 Å². The van der Waals surface area contributed by atoms with E-state index in [1.165, 1.54) is 6.07 Å². The summed E-state index contributed by atoms with van der Waals surface area (Å²) in [6.45, 7) is 0. The summed E-state index contributed by atoms with van der Waals surface area (Å²) in [7, 11) is 0. The number of hydrogen-bond acceptors (Lipinski definition) is 5. The standard InChI is InChI=1S/C18H14Cl2N4O2S/c19-12-6-7-14(13(20)8-12)22-16(25)9-15-17(26)23-18(27-15)24-21-10-11-4-2-1-3-5-11/h1-8,10,15H,9H2,(H,22,25)(H,23,24,26)/b21-10-. The lowest BCUT2D eigenvalue weighted by atomic mass is 10.2. The first-order chi connectivity index (χ1) is 13.0. The molecule has 9 heteroatoms. The van der Waals surface area contributed by atoms with Gasteiger partial charge in [0.25, 0.3) is 0 Å². The van der Waals surface area contributed by atoms with Crippen molar-refractivity contribution in [3.05, 3.63) is 64.1 Å². The molecule has 1 aliphatic rings. The van der Waals surface area contributed by atoms with Crippen molar-refractivity contribution in [2.75, 3.05) is 5.32 Å². The molecule has 1 saturated heterocycles. The summed E-state index contributed by atoms with van der Waals surface area (Å²) >= 11 is 13.0. The number of thioether (sulfide) groups is 1. The zero-order valence-corrected chi connectivity index (χ0v) is 16.2. The summed E-state index contributed by atoms with van der Waals surface area (Å²) in [6, 6.07) is 14.2. The number of hydrogen-bond donors (Lipinski definition) is 2. The predicted octanol–water partition coefficient (Wildman–Crippen LogP) is 3.94. The molecule has 1 fully saturated rings. The van der Waals surface area contributed by atoms with Gasteiger partial charge >= 0.3 is 0 Å². The minimum atomic E-state index is -0.582. The molecular formula is C18H14Cl2N4O2S. The van der Waals surface area contributed by atoms with Gasteiger partial charge < -0.3 is 10.6 Å². The second-order valence-electron chi connectivity index (χ2n) is 5.53. The van der Waals surface area contributed by atoms with Crippen molar-refractivity contribution in [1.29, 1.82) is 0 Å². The predicted molar refractivity (Wildman–Crippen MR) is 111 cm³/mol. The summed E-state index contributed by atoms with van der Waals surface area (Å²) in [6.07, 6.45) is 1.57. The number of anilines is 1. The Labute approximate surface area is 170 Å². The third kappa shape index (κ3) is 5.56. The molecule has 1 aliphatic heterocycles. The van der Waals surface area contributed by atoms with E-state index in [9.17, 15) is 9.59 Å². The molecule has 2 N–H and O–H groups in total. The maximum Gasteiger partial charge on any atom is 0.240 e. The van der Waals surface area contributed by atoms with E-state index in [2.05, 4.69) is 20.8 Å². The van der Waals surface area contributed by atoms with Gasteiger partial charge in [0.05, 0.1) is 16.9 Å². The van der Waals surface area contributed by atoms with Crippen LogP contribution in [0.2, 0.25) is 10.0 Å². The van der Waals surface area contributed by atoms with Crippen molar-refractivity contribution in [2.24, 2.45) is 10.2 Å². The third-order valence-electron chi connectivity index (χ3n) is 3.51. The molecule has 2 amide bonds. The highest BCUT2D eigenvalue weighted by Crippen LogP contribution is 2.27. The van der Waals surface area contributed by atoms with Crippen molar-refractivity contribution < 1.29 is 9.59 Å². The monoisotopic (exact) mass is 420 g/mol. The molecule has 0 aliphatic carbocycles. The van der Waals surface area contributed by atoms with Crippen LogP contribution in [0.5, 0.6) is 0 Å². The van der Waals surface area contributed by atoms with Crippen molar-refractivity contribution in [3.8, 4) is 0 Å². The van der Waals surface area contributed by atoms with Gasteiger partial charge in [0.2, 0.25) is 11.8 Å². The first kappa shape index (κ1) is 19.4. The lowest BCUT2D eigenvalue weighted by Crippen LogP contribution is -2.28. The Morgan fingerprint density at radius 3 is 2.74 bits per heavy atom. The van der Waals surface area contributed by atoms with Crippen molar-refractivity contribution in [3.63, 3.8) is 0 Å². The molecule has 0 saturated carbocycles. The molecule has 0 radical (unpaired) electrons. The molecule has 6 nitrogen and oxygen atoms in total. The number of nitrogens with zero attached hydrogens (tertiary/aromatic N) is 2. The fourth-order valence-electron chi connectivity index (χ4n) is 2.23. The zero-order valence-electron chi connectivity index (χ0n) is 13.9. The molecule has 1 heterocycles. The second-order valence-corrected chi connectivity index (χ2v) is 7.57. The van der Waals surface area contributed by atoms with Gasteiger partial charge in [0.15, 0.2) is 5.17 Å². The van der Waals surface area contributed by atoms with Crippen LogP contribution >= 0.6 is 35.0 Å². The molecule has 1 atom stereocenters. The summed E-state index contributed by atoms with van der Waals surface area (Å²) in [5.74, 6) is -0.619. The SMILES string of the molecule is O=C(CC1S/C(=N/N=C\c2ccccc2)NC1=O)Nc1ccc(Cl)cc1Cl. The van der Waals surface area contributed by atoms with Crippen LogP contribution in [0.4, 0.5) is 5.69 Å². The number of carbonyl (C=O) groups is 2. The van der Waals surface area contributed by atoms with Crippen molar-refractivity contribution in [1.82, 2.24) is 5.32 Å². The number of amides is 2. The van der Waals surface area contributed by atoms with E-state index in [4.69, 9.17) is 23.2 Å². The minimum Gasteiger partial charge on any atom is -0.325 e.